The second kappa shape index (κ2) is 8.44. The molecule has 1 aliphatic rings. The van der Waals surface area contributed by atoms with Crippen LogP contribution in [0.3, 0.4) is 0 Å². The average molecular weight is 244 g/mol. The predicted molar refractivity (Wildman–Crippen MR) is 66.0 cm³/mol. The molecule has 1 amide bonds. The van der Waals surface area contributed by atoms with Crippen LogP contribution in [0.15, 0.2) is 0 Å². The second-order valence-corrected chi connectivity index (χ2v) is 4.31. The van der Waals surface area contributed by atoms with E-state index in [1.165, 1.54) is 0 Å². The highest BCUT2D eigenvalue weighted by molar-refractivity contribution is 5.73. The summed E-state index contributed by atoms with van der Waals surface area (Å²) in [4.78, 5) is 15.6. The molecule has 1 aliphatic heterocycles. The van der Waals surface area contributed by atoms with Crippen molar-refractivity contribution in [3.8, 4) is 0 Å². The zero-order valence-electron chi connectivity index (χ0n) is 11.0. The minimum Gasteiger partial charge on any atom is -0.383 e. The molecule has 0 aromatic heterocycles. The molecular weight excluding hydrogens is 220 g/mol. The number of methoxy groups -OCH3 is 1. The van der Waals surface area contributed by atoms with Gasteiger partial charge in [0.05, 0.1) is 13.2 Å². The number of carbonyl (C=O) groups excluding carboxylic acids is 1. The first-order valence-electron chi connectivity index (χ1n) is 6.28. The van der Waals surface area contributed by atoms with Gasteiger partial charge in [0, 0.05) is 53.4 Å². The predicted octanol–water partition coefficient (Wildman–Crippen LogP) is 0.204. The van der Waals surface area contributed by atoms with E-state index in [1.54, 1.807) is 14.0 Å². The Balaban J connectivity index is 2.26. The standard InChI is InChI=1S/C12H24N2O3/c1-12(15)14(8-10-16-2)6-5-13-4-3-9-17-11-7-13/h3-11H2,1-2H3. The summed E-state index contributed by atoms with van der Waals surface area (Å²) in [6, 6.07) is 0. The monoisotopic (exact) mass is 244 g/mol. The maximum Gasteiger partial charge on any atom is 0.219 e. The van der Waals surface area contributed by atoms with E-state index < -0.39 is 0 Å². The number of carbonyl (C=O) groups is 1. The topological polar surface area (TPSA) is 42.0 Å². The molecule has 0 atom stereocenters. The minimum absolute atomic E-state index is 0.119. The fourth-order valence-corrected chi connectivity index (χ4v) is 1.91. The Hall–Kier alpha value is -0.650. The molecule has 5 heteroatoms. The van der Waals surface area contributed by atoms with E-state index >= 15 is 0 Å². The first-order chi connectivity index (χ1) is 8.24. The van der Waals surface area contributed by atoms with Gasteiger partial charge in [-0.1, -0.05) is 0 Å². The minimum atomic E-state index is 0.119. The summed E-state index contributed by atoms with van der Waals surface area (Å²) in [6.07, 6.45) is 1.08. The molecule has 0 saturated carbocycles. The number of rotatable bonds is 6. The zero-order valence-corrected chi connectivity index (χ0v) is 11.0. The molecule has 0 unspecified atom stereocenters. The van der Waals surface area contributed by atoms with Crippen LogP contribution in [0.4, 0.5) is 0 Å². The molecule has 17 heavy (non-hydrogen) atoms. The Bertz CT molecular complexity index is 216. The van der Waals surface area contributed by atoms with Gasteiger partial charge in [-0.25, -0.2) is 0 Å². The quantitative estimate of drug-likeness (QED) is 0.669. The van der Waals surface area contributed by atoms with Crippen molar-refractivity contribution in [3.05, 3.63) is 0 Å². The van der Waals surface area contributed by atoms with Crippen molar-refractivity contribution in [1.82, 2.24) is 9.80 Å². The van der Waals surface area contributed by atoms with Crippen LogP contribution in [0, 0.1) is 0 Å². The highest BCUT2D eigenvalue weighted by Gasteiger charge is 2.12. The summed E-state index contributed by atoms with van der Waals surface area (Å²) in [5, 5.41) is 0. The summed E-state index contributed by atoms with van der Waals surface area (Å²) in [7, 11) is 1.66. The van der Waals surface area contributed by atoms with Crippen LogP contribution in [0.2, 0.25) is 0 Å². The third kappa shape index (κ3) is 6.00. The number of nitrogens with zero attached hydrogens (tertiary/aromatic N) is 2. The summed E-state index contributed by atoms with van der Waals surface area (Å²) in [6.45, 7) is 8.28. The lowest BCUT2D eigenvalue weighted by molar-refractivity contribution is -0.129. The molecule has 5 nitrogen and oxygen atoms in total. The fraction of sp³-hybridized carbons (Fsp3) is 0.917. The van der Waals surface area contributed by atoms with Crippen LogP contribution in [0.5, 0.6) is 0 Å². The normalized spacial score (nSPS) is 17.8. The van der Waals surface area contributed by atoms with Gasteiger partial charge in [-0.05, 0) is 6.42 Å². The maximum absolute atomic E-state index is 11.4. The van der Waals surface area contributed by atoms with Crippen LogP contribution < -0.4 is 0 Å². The van der Waals surface area contributed by atoms with Crippen molar-refractivity contribution >= 4 is 5.91 Å². The zero-order chi connectivity index (χ0) is 12.5. The highest BCUT2D eigenvalue weighted by atomic mass is 16.5. The molecule has 0 aromatic rings. The van der Waals surface area contributed by atoms with E-state index in [1.807, 2.05) is 4.90 Å². The smallest absolute Gasteiger partial charge is 0.219 e. The Morgan fingerprint density at radius 3 is 2.88 bits per heavy atom. The molecular formula is C12H24N2O3. The number of amides is 1. The summed E-state index contributed by atoms with van der Waals surface area (Å²) >= 11 is 0. The molecule has 0 aromatic carbocycles. The van der Waals surface area contributed by atoms with E-state index in [2.05, 4.69) is 4.90 Å². The van der Waals surface area contributed by atoms with Gasteiger partial charge in [0.1, 0.15) is 0 Å². The van der Waals surface area contributed by atoms with Crippen molar-refractivity contribution in [2.24, 2.45) is 0 Å². The van der Waals surface area contributed by atoms with E-state index in [0.29, 0.717) is 13.2 Å². The molecule has 1 saturated heterocycles. The van der Waals surface area contributed by atoms with Crippen molar-refractivity contribution in [3.63, 3.8) is 0 Å². The number of ether oxygens (including phenoxy) is 2. The Labute approximate surface area is 104 Å². The molecule has 0 bridgehead atoms. The molecule has 1 rings (SSSR count). The third-order valence-corrected chi connectivity index (χ3v) is 3.01. The molecule has 100 valence electrons. The van der Waals surface area contributed by atoms with Crippen LogP contribution >= 0.6 is 0 Å². The molecule has 0 aliphatic carbocycles. The first-order valence-corrected chi connectivity index (χ1v) is 6.28. The van der Waals surface area contributed by atoms with Gasteiger partial charge in [-0.2, -0.15) is 0 Å². The van der Waals surface area contributed by atoms with Gasteiger partial charge in [-0.15, -0.1) is 0 Å². The lowest BCUT2D eigenvalue weighted by Gasteiger charge is -2.25. The SMILES string of the molecule is COCCN(CCN1CCCOCC1)C(C)=O. The van der Waals surface area contributed by atoms with Gasteiger partial charge in [-0.3, -0.25) is 9.69 Å². The lowest BCUT2D eigenvalue weighted by Crippen LogP contribution is -2.40. The largest absolute Gasteiger partial charge is 0.383 e. The molecule has 1 heterocycles. The molecule has 0 spiro atoms. The van der Waals surface area contributed by atoms with Crippen molar-refractivity contribution in [1.29, 1.82) is 0 Å². The Kier molecular flexibility index (Phi) is 7.16. The van der Waals surface area contributed by atoms with Crippen LogP contribution in [-0.4, -0.2) is 75.4 Å². The summed E-state index contributed by atoms with van der Waals surface area (Å²) in [5.74, 6) is 0.119. The number of hydrogen-bond donors (Lipinski definition) is 0. The Morgan fingerprint density at radius 2 is 2.18 bits per heavy atom. The van der Waals surface area contributed by atoms with Gasteiger partial charge >= 0.3 is 0 Å². The van der Waals surface area contributed by atoms with Gasteiger partial charge in [0.15, 0.2) is 0 Å². The molecule has 0 radical (unpaired) electrons. The molecule has 0 N–H and O–H groups in total. The van der Waals surface area contributed by atoms with Crippen molar-refractivity contribution < 1.29 is 14.3 Å². The van der Waals surface area contributed by atoms with E-state index in [0.717, 1.165) is 45.8 Å². The third-order valence-electron chi connectivity index (χ3n) is 3.01. The van der Waals surface area contributed by atoms with Crippen LogP contribution in [-0.2, 0) is 14.3 Å². The lowest BCUT2D eigenvalue weighted by atomic mass is 10.3. The number of hydrogen-bond acceptors (Lipinski definition) is 4. The second-order valence-electron chi connectivity index (χ2n) is 4.31. The summed E-state index contributed by atoms with van der Waals surface area (Å²) < 4.78 is 10.4. The van der Waals surface area contributed by atoms with E-state index in [4.69, 9.17) is 9.47 Å². The van der Waals surface area contributed by atoms with Crippen molar-refractivity contribution in [2.75, 3.05) is 59.7 Å². The maximum atomic E-state index is 11.4. The fourth-order valence-electron chi connectivity index (χ4n) is 1.91. The van der Waals surface area contributed by atoms with E-state index in [9.17, 15) is 4.79 Å². The highest BCUT2D eigenvalue weighted by Crippen LogP contribution is 2.00. The van der Waals surface area contributed by atoms with Crippen molar-refractivity contribution in [2.45, 2.75) is 13.3 Å². The van der Waals surface area contributed by atoms with E-state index in [-0.39, 0.29) is 5.91 Å². The summed E-state index contributed by atoms with van der Waals surface area (Å²) in [5.41, 5.74) is 0. The van der Waals surface area contributed by atoms with Crippen LogP contribution in [0.1, 0.15) is 13.3 Å². The molecule has 1 fully saturated rings. The first kappa shape index (κ1) is 14.4. The van der Waals surface area contributed by atoms with Gasteiger partial charge in [0.2, 0.25) is 5.91 Å². The Morgan fingerprint density at radius 1 is 1.35 bits per heavy atom. The average Bonchev–Trinajstić information content (AvgIpc) is 2.57. The van der Waals surface area contributed by atoms with Crippen LogP contribution in [0.25, 0.3) is 0 Å². The van der Waals surface area contributed by atoms with Gasteiger partial charge < -0.3 is 14.4 Å². The van der Waals surface area contributed by atoms with Gasteiger partial charge in [0.25, 0.3) is 0 Å².